The number of rotatable bonds is 1. The molecule has 1 heterocycles. The van der Waals surface area contributed by atoms with E-state index in [1.54, 1.807) is 0 Å². The molecule has 0 N–H and O–H groups in total. The van der Waals surface area contributed by atoms with Gasteiger partial charge in [0.2, 0.25) is 0 Å². The first-order valence-corrected chi connectivity index (χ1v) is 6.87. The standard InChI is InChI=1S/C18H18O2/c1-10-7-13(4)17-15(8-10)16(18(19)20-17)14-6-5-11(2)12(3)9-14/h5-9,16H,1-4H3/t16-/m0/s1. The summed E-state index contributed by atoms with van der Waals surface area (Å²) in [5.74, 6) is 0.281. The van der Waals surface area contributed by atoms with Gasteiger partial charge in [-0.2, -0.15) is 0 Å². The number of ether oxygens (including phenoxy) is 1. The van der Waals surface area contributed by atoms with Crippen LogP contribution in [0.1, 0.15) is 39.3 Å². The Labute approximate surface area is 119 Å². The maximum Gasteiger partial charge on any atom is 0.323 e. The monoisotopic (exact) mass is 266 g/mol. The second kappa shape index (κ2) is 4.48. The predicted octanol–water partition coefficient (Wildman–Crippen LogP) is 3.97. The van der Waals surface area contributed by atoms with E-state index in [9.17, 15) is 4.79 Å². The van der Waals surface area contributed by atoms with Crippen molar-refractivity contribution < 1.29 is 9.53 Å². The summed E-state index contributed by atoms with van der Waals surface area (Å²) in [6, 6.07) is 10.3. The predicted molar refractivity (Wildman–Crippen MR) is 79.3 cm³/mol. The second-order valence-electron chi connectivity index (χ2n) is 5.70. The van der Waals surface area contributed by atoms with Gasteiger partial charge in [-0.25, -0.2) is 0 Å². The van der Waals surface area contributed by atoms with Crippen LogP contribution in [-0.2, 0) is 4.79 Å². The molecule has 1 aliphatic heterocycles. The van der Waals surface area contributed by atoms with Gasteiger partial charge in [-0.05, 0) is 49.9 Å². The fourth-order valence-electron chi connectivity index (χ4n) is 2.89. The number of benzene rings is 2. The van der Waals surface area contributed by atoms with Crippen molar-refractivity contribution >= 4 is 5.97 Å². The molecule has 3 rings (SSSR count). The Morgan fingerprint density at radius 3 is 2.35 bits per heavy atom. The molecule has 0 radical (unpaired) electrons. The molecule has 0 fully saturated rings. The highest BCUT2D eigenvalue weighted by Gasteiger charge is 2.35. The van der Waals surface area contributed by atoms with Crippen molar-refractivity contribution in [2.75, 3.05) is 0 Å². The van der Waals surface area contributed by atoms with Crippen LogP contribution in [0.15, 0.2) is 30.3 Å². The van der Waals surface area contributed by atoms with Gasteiger partial charge >= 0.3 is 5.97 Å². The first-order valence-electron chi connectivity index (χ1n) is 6.87. The molecule has 102 valence electrons. The number of aryl methyl sites for hydroxylation is 4. The molecule has 2 nitrogen and oxygen atoms in total. The summed E-state index contributed by atoms with van der Waals surface area (Å²) in [5, 5.41) is 0. The molecule has 0 aromatic heterocycles. The minimum absolute atomic E-state index is 0.169. The summed E-state index contributed by atoms with van der Waals surface area (Å²) < 4.78 is 5.49. The van der Waals surface area contributed by atoms with Gasteiger partial charge in [0, 0.05) is 5.56 Å². The topological polar surface area (TPSA) is 26.3 Å². The summed E-state index contributed by atoms with van der Waals surface area (Å²) >= 11 is 0. The van der Waals surface area contributed by atoms with Gasteiger partial charge in [-0.15, -0.1) is 0 Å². The van der Waals surface area contributed by atoms with E-state index in [0.717, 1.165) is 28.0 Å². The fourth-order valence-corrected chi connectivity index (χ4v) is 2.89. The third-order valence-electron chi connectivity index (χ3n) is 4.06. The third-order valence-corrected chi connectivity index (χ3v) is 4.06. The molecule has 0 spiro atoms. The van der Waals surface area contributed by atoms with E-state index in [1.165, 1.54) is 11.1 Å². The molecular formula is C18H18O2. The number of carbonyl (C=O) groups is 1. The average molecular weight is 266 g/mol. The number of hydrogen-bond donors (Lipinski definition) is 0. The maximum absolute atomic E-state index is 12.3. The van der Waals surface area contributed by atoms with Crippen LogP contribution in [0.25, 0.3) is 0 Å². The van der Waals surface area contributed by atoms with E-state index < -0.39 is 0 Å². The highest BCUT2D eigenvalue weighted by atomic mass is 16.5. The summed E-state index contributed by atoms with van der Waals surface area (Å²) in [5.41, 5.74) is 6.64. The minimum atomic E-state index is -0.289. The Bertz CT molecular complexity index is 714. The zero-order valence-corrected chi connectivity index (χ0v) is 12.3. The van der Waals surface area contributed by atoms with Crippen LogP contribution in [-0.4, -0.2) is 5.97 Å². The summed E-state index contributed by atoms with van der Waals surface area (Å²) in [7, 11) is 0. The summed E-state index contributed by atoms with van der Waals surface area (Å²) in [6.07, 6.45) is 0. The van der Waals surface area contributed by atoms with Crippen molar-refractivity contribution in [2.45, 2.75) is 33.6 Å². The number of carbonyl (C=O) groups excluding carboxylic acids is 1. The molecule has 20 heavy (non-hydrogen) atoms. The molecule has 0 aliphatic carbocycles. The number of hydrogen-bond acceptors (Lipinski definition) is 2. The van der Waals surface area contributed by atoms with Crippen molar-refractivity contribution in [3.8, 4) is 5.75 Å². The van der Waals surface area contributed by atoms with Crippen molar-refractivity contribution in [3.05, 3.63) is 63.7 Å². The Kier molecular flexibility index (Phi) is 2.89. The molecule has 1 aliphatic rings. The highest BCUT2D eigenvalue weighted by molar-refractivity contribution is 5.90. The Hall–Kier alpha value is -2.09. The van der Waals surface area contributed by atoms with E-state index >= 15 is 0 Å². The first-order chi connectivity index (χ1) is 9.47. The molecule has 0 unspecified atom stereocenters. The quantitative estimate of drug-likeness (QED) is 0.576. The van der Waals surface area contributed by atoms with Gasteiger partial charge in [0.1, 0.15) is 11.7 Å². The molecule has 0 bridgehead atoms. The fraction of sp³-hybridized carbons (Fsp3) is 0.278. The maximum atomic E-state index is 12.3. The van der Waals surface area contributed by atoms with Crippen LogP contribution < -0.4 is 4.74 Å². The second-order valence-corrected chi connectivity index (χ2v) is 5.70. The van der Waals surface area contributed by atoms with Gasteiger partial charge in [-0.3, -0.25) is 4.79 Å². The molecule has 0 saturated carbocycles. The van der Waals surface area contributed by atoms with E-state index in [-0.39, 0.29) is 11.9 Å². The van der Waals surface area contributed by atoms with Crippen LogP contribution >= 0.6 is 0 Å². The normalized spacial score (nSPS) is 17.0. The van der Waals surface area contributed by atoms with Gasteiger partial charge in [0.15, 0.2) is 0 Å². The van der Waals surface area contributed by atoms with Crippen LogP contribution in [0.5, 0.6) is 5.75 Å². The van der Waals surface area contributed by atoms with Crippen LogP contribution in [0.2, 0.25) is 0 Å². The number of esters is 1. The third kappa shape index (κ3) is 1.92. The Morgan fingerprint density at radius 1 is 0.900 bits per heavy atom. The lowest BCUT2D eigenvalue weighted by Crippen LogP contribution is -2.11. The average Bonchev–Trinajstić information content (AvgIpc) is 2.70. The molecule has 2 aromatic rings. The minimum Gasteiger partial charge on any atom is -0.425 e. The van der Waals surface area contributed by atoms with Crippen molar-refractivity contribution in [1.82, 2.24) is 0 Å². The van der Waals surface area contributed by atoms with Crippen LogP contribution in [0.3, 0.4) is 0 Å². The Balaban J connectivity index is 2.17. The van der Waals surface area contributed by atoms with E-state index in [1.807, 2.05) is 19.9 Å². The molecule has 2 heteroatoms. The van der Waals surface area contributed by atoms with E-state index in [0.29, 0.717) is 0 Å². The molecule has 2 aromatic carbocycles. The summed E-state index contributed by atoms with van der Waals surface area (Å²) in [6.45, 7) is 8.19. The van der Waals surface area contributed by atoms with E-state index in [2.05, 4.69) is 38.1 Å². The molecular weight excluding hydrogens is 248 g/mol. The van der Waals surface area contributed by atoms with Crippen LogP contribution in [0.4, 0.5) is 0 Å². The summed E-state index contributed by atoms with van der Waals surface area (Å²) in [4.78, 5) is 12.3. The molecule has 0 amide bonds. The van der Waals surface area contributed by atoms with Gasteiger partial charge in [0.05, 0.1) is 0 Å². The smallest absolute Gasteiger partial charge is 0.323 e. The van der Waals surface area contributed by atoms with Gasteiger partial charge in [-0.1, -0.05) is 35.9 Å². The first kappa shape index (κ1) is 12.9. The molecule has 0 saturated heterocycles. The lowest BCUT2D eigenvalue weighted by molar-refractivity contribution is -0.133. The SMILES string of the molecule is Cc1cc(C)c2c(c1)[C@H](c1ccc(C)c(C)c1)C(=O)O2. The zero-order chi connectivity index (χ0) is 14.4. The van der Waals surface area contributed by atoms with Crippen LogP contribution in [0, 0.1) is 27.7 Å². The lowest BCUT2D eigenvalue weighted by Gasteiger charge is -2.11. The van der Waals surface area contributed by atoms with Gasteiger partial charge in [0.25, 0.3) is 0 Å². The van der Waals surface area contributed by atoms with Crippen molar-refractivity contribution in [2.24, 2.45) is 0 Å². The molecule has 1 atom stereocenters. The highest BCUT2D eigenvalue weighted by Crippen LogP contribution is 2.42. The Morgan fingerprint density at radius 2 is 1.65 bits per heavy atom. The van der Waals surface area contributed by atoms with Crippen molar-refractivity contribution in [3.63, 3.8) is 0 Å². The largest absolute Gasteiger partial charge is 0.425 e. The zero-order valence-electron chi connectivity index (χ0n) is 12.3. The van der Waals surface area contributed by atoms with E-state index in [4.69, 9.17) is 4.74 Å². The van der Waals surface area contributed by atoms with Gasteiger partial charge < -0.3 is 4.74 Å². The van der Waals surface area contributed by atoms with Crippen molar-refractivity contribution in [1.29, 1.82) is 0 Å². The lowest BCUT2D eigenvalue weighted by atomic mass is 9.89. The number of fused-ring (bicyclic) bond motifs is 1.